The molecule has 2 fully saturated rings. The van der Waals surface area contributed by atoms with Gasteiger partial charge in [0.15, 0.2) is 0 Å². The van der Waals surface area contributed by atoms with Crippen molar-refractivity contribution in [1.82, 2.24) is 5.32 Å². The zero-order valence-electron chi connectivity index (χ0n) is 9.08. The van der Waals surface area contributed by atoms with Crippen LogP contribution in [0.1, 0.15) is 32.1 Å². The predicted octanol–water partition coefficient (Wildman–Crippen LogP) is 1.31. The van der Waals surface area contributed by atoms with E-state index in [-0.39, 0.29) is 18.3 Å². The molecule has 15 heavy (non-hydrogen) atoms. The molecule has 1 saturated heterocycles. The second kappa shape index (κ2) is 5.71. The van der Waals surface area contributed by atoms with Crippen LogP contribution in [0.5, 0.6) is 0 Å². The quantitative estimate of drug-likeness (QED) is 0.755. The average molecular weight is 233 g/mol. The number of carbonyl (C=O) groups is 1. The van der Waals surface area contributed by atoms with Gasteiger partial charge in [0, 0.05) is 6.42 Å². The van der Waals surface area contributed by atoms with E-state index in [1.54, 1.807) is 0 Å². The number of nitrogens with two attached hydrogens (primary N) is 1. The monoisotopic (exact) mass is 232 g/mol. The van der Waals surface area contributed by atoms with Crippen LogP contribution in [-0.2, 0) is 4.79 Å². The van der Waals surface area contributed by atoms with E-state index in [1.807, 2.05) is 0 Å². The number of hydrogen-bond acceptors (Lipinski definition) is 2. The molecule has 2 rings (SSSR count). The standard InChI is InChI=1S/C11H20N2O.ClH/c12-11(14)6-8-1-2-10-7-13-4-3-9(10)5-8;/h8-10,13H,1-7H2,(H2,12,14);1H. The summed E-state index contributed by atoms with van der Waals surface area (Å²) in [5.74, 6) is 2.18. The van der Waals surface area contributed by atoms with E-state index >= 15 is 0 Å². The van der Waals surface area contributed by atoms with Gasteiger partial charge in [0.1, 0.15) is 0 Å². The van der Waals surface area contributed by atoms with Crippen LogP contribution in [0.3, 0.4) is 0 Å². The van der Waals surface area contributed by atoms with Crippen molar-refractivity contribution in [2.45, 2.75) is 32.1 Å². The molecule has 0 aromatic rings. The molecule has 1 saturated carbocycles. The van der Waals surface area contributed by atoms with Gasteiger partial charge in [-0.25, -0.2) is 0 Å². The minimum atomic E-state index is -0.123. The highest BCUT2D eigenvalue weighted by Crippen LogP contribution is 2.38. The van der Waals surface area contributed by atoms with Gasteiger partial charge in [0.05, 0.1) is 0 Å². The number of nitrogens with one attached hydrogen (secondary N) is 1. The van der Waals surface area contributed by atoms with Gasteiger partial charge in [-0.1, -0.05) is 0 Å². The molecule has 2 aliphatic rings. The fourth-order valence-electron chi connectivity index (χ4n) is 3.09. The third-order valence-electron chi connectivity index (χ3n) is 3.84. The Morgan fingerprint density at radius 1 is 1.27 bits per heavy atom. The summed E-state index contributed by atoms with van der Waals surface area (Å²) in [5, 5.41) is 3.45. The molecule has 3 atom stereocenters. The lowest BCUT2D eigenvalue weighted by atomic mass is 9.70. The fourth-order valence-corrected chi connectivity index (χ4v) is 3.09. The van der Waals surface area contributed by atoms with Crippen LogP contribution in [0, 0.1) is 17.8 Å². The van der Waals surface area contributed by atoms with Crippen molar-refractivity contribution >= 4 is 18.3 Å². The number of carbonyl (C=O) groups excluding carboxylic acids is 1. The molecule has 0 aromatic carbocycles. The molecule has 1 aliphatic carbocycles. The van der Waals surface area contributed by atoms with Gasteiger partial charge in [-0.2, -0.15) is 0 Å². The second-order valence-corrected chi connectivity index (χ2v) is 4.86. The number of piperidine rings is 1. The molecule has 1 heterocycles. The summed E-state index contributed by atoms with van der Waals surface area (Å²) in [6.07, 6.45) is 5.62. The smallest absolute Gasteiger partial charge is 0.217 e. The molecule has 88 valence electrons. The van der Waals surface area contributed by atoms with Crippen LogP contribution in [0.25, 0.3) is 0 Å². The highest BCUT2D eigenvalue weighted by molar-refractivity contribution is 5.85. The SMILES string of the molecule is Cl.NC(=O)CC1CCC2CNCCC2C1. The van der Waals surface area contributed by atoms with E-state index in [9.17, 15) is 4.79 Å². The first-order chi connectivity index (χ1) is 6.75. The van der Waals surface area contributed by atoms with Gasteiger partial charge in [-0.05, 0) is 56.5 Å². The van der Waals surface area contributed by atoms with Crippen molar-refractivity contribution < 1.29 is 4.79 Å². The summed E-state index contributed by atoms with van der Waals surface area (Å²) in [5.41, 5.74) is 5.24. The first-order valence-corrected chi connectivity index (χ1v) is 5.74. The lowest BCUT2D eigenvalue weighted by molar-refractivity contribution is -0.119. The third-order valence-corrected chi connectivity index (χ3v) is 3.84. The van der Waals surface area contributed by atoms with E-state index in [0.29, 0.717) is 12.3 Å². The van der Waals surface area contributed by atoms with Crippen LogP contribution in [0.2, 0.25) is 0 Å². The van der Waals surface area contributed by atoms with E-state index in [2.05, 4.69) is 5.32 Å². The van der Waals surface area contributed by atoms with E-state index in [4.69, 9.17) is 5.73 Å². The largest absolute Gasteiger partial charge is 0.370 e. The Morgan fingerprint density at radius 2 is 2.07 bits per heavy atom. The molecular weight excluding hydrogens is 212 g/mol. The topological polar surface area (TPSA) is 55.1 Å². The highest BCUT2D eigenvalue weighted by Gasteiger charge is 2.32. The summed E-state index contributed by atoms with van der Waals surface area (Å²) < 4.78 is 0. The summed E-state index contributed by atoms with van der Waals surface area (Å²) in [7, 11) is 0. The van der Waals surface area contributed by atoms with Crippen molar-refractivity contribution in [2.24, 2.45) is 23.5 Å². The molecule has 1 amide bonds. The Morgan fingerprint density at radius 3 is 2.80 bits per heavy atom. The normalized spacial score (nSPS) is 35.1. The number of amides is 1. The van der Waals surface area contributed by atoms with E-state index in [1.165, 1.54) is 32.2 Å². The maximum Gasteiger partial charge on any atom is 0.217 e. The maximum absolute atomic E-state index is 10.8. The zero-order chi connectivity index (χ0) is 9.97. The molecule has 3 unspecified atom stereocenters. The molecule has 4 heteroatoms. The van der Waals surface area contributed by atoms with Crippen LogP contribution in [0.15, 0.2) is 0 Å². The minimum absolute atomic E-state index is 0. The number of halogens is 1. The number of hydrogen-bond donors (Lipinski definition) is 2. The zero-order valence-corrected chi connectivity index (χ0v) is 9.89. The van der Waals surface area contributed by atoms with Crippen molar-refractivity contribution in [3.63, 3.8) is 0 Å². The Bertz CT molecular complexity index is 223. The summed E-state index contributed by atoms with van der Waals surface area (Å²) in [6.45, 7) is 2.35. The highest BCUT2D eigenvalue weighted by atomic mass is 35.5. The van der Waals surface area contributed by atoms with Crippen molar-refractivity contribution in [3.8, 4) is 0 Å². The van der Waals surface area contributed by atoms with Gasteiger partial charge in [-0.15, -0.1) is 12.4 Å². The fraction of sp³-hybridized carbons (Fsp3) is 0.909. The Kier molecular flexibility index (Phi) is 4.87. The van der Waals surface area contributed by atoms with Crippen LogP contribution in [0.4, 0.5) is 0 Å². The van der Waals surface area contributed by atoms with Gasteiger partial charge in [0.2, 0.25) is 5.91 Å². The molecule has 0 aromatic heterocycles. The summed E-state index contributed by atoms with van der Waals surface area (Å²) in [6, 6.07) is 0. The lowest BCUT2D eigenvalue weighted by Crippen LogP contribution is -2.40. The van der Waals surface area contributed by atoms with Crippen molar-refractivity contribution in [3.05, 3.63) is 0 Å². The Balaban J connectivity index is 0.00000112. The number of rotatable bonds is 2. The first kappa shape index (κ1) is 12.8. The maximum atomic E-state index is 10.8. The number of fused-ring (bicyclic) bond motifs is 1. The Labute approximate surface area is 97.6 Å². The summed E-state index contributed by atoms with van der Waals surface area (Å²) in [4.78, 5) is 10.8. The van der Waals surface area contributed by atoms with Gasteiger partial charge in [-0.3, -0.25) is 4.79 Å². The van der Waals surface area contributed by atoms with Gasteiger partial charge in [0.25, 0.3) is 0 Å². The molecule has 3 nitrogen and oxygen atoms in total. The molecule has 1 aliphatic heterocycles. The molecule has 0 radical (unpaired) electrons. The second-order valence-electron chi connectivity index (χ2n) is 4.86. The van der Waals surface area contributed by atoms with Crippen molar-refractivity contribution in [1.29, 1.82) is 0 Å². The summed E-state index contributed by atoms with van der Waals surface area (Å²) >= 11 is 0. The third kappa shape index (κ3) is 3.35. The van der Waals surface area contributed by atoms with E-state index in [0.717, 1.165) is 18.4 Å². The molecule has 3 N–H and O–H groups in total. The van der Waals surface area contributed by atoms with Crippen LogP contribution < -0.4 is 11.1 Å². The van der Waals surface area contributed by atoms with E-state index < -0.39 is 0 Å². The first-order valence-electron chi connectivity index (χ1n) is 5.74. The lowest BCUT2D eigenvalue weighted by Gasteiger charge is -2.39. The predicted molar refractivity (Wildman–Crippen MR) is 62.9 cm³/mol. The Hall–Kier alpha value is -0.280. The van der Waals surface area contributed by atoms with Crippen LogP contribution in [-0.4, -0.2) is 19.0 Å². The van der Waals surface area contributed by atoms with Gasteiger partial charge < -0.3 is 11.1 Å². The van der Waals surface area contributed by atoms with Crippen molar-refractivity contribution in [2.75, 3.05) is 13.1 Å². The minimum Gasteiger partial charge on any atom is -0.370 e. The van der Waals surface area contributed by atoms with Gasteiger partial charge >= 0.3 is 0 Å². The molecule has 0 bridgehead atoms. The number of primary amides is 1. The van der Waals surface area contributed by atoms with Crippen LogP contribution >= 0.6 is 12.4 Å². The molecule has 0 spiro atoms. The average Bonchev–Trinajstić information content (AvgIpc) is 2.17. The molecular formula is C11H21ClN2O.